The number of piperidine rings is 1. The molecule has 0 radical (unpaired) electrons. The number of oxazole rings is 1. The molecule has 25 heavy (non-hydrogen) atoms. The Bertz CT molecular complexity index is 827. The number of nitrogens with zero attached hydrogens (tertiary/aromatic N) is 4. The van der Waals surface area contributed by atoms with Crippen molar-refractivity contribution < 1.29 is 13.7 Å². The van der Waals surface area contributed by atoms with E-state index in [9.17, 15) is 0 Å². The topological polar surface area (TPSA) is 77.4 Å². The van der Waals surface area contributed by atoms with Gasteiger partial charge in [-0.15, -0.1) is 0 Å². The predicted octanol–water partition coefficient (Wildman–Crippen LogP) is 3.10. The molecule has 4 heterocycles. The molecule has 2 aliphatic heterocycles. The molecule has 3 aromatic rings. The van der Waals surface area contributed by atoms with Gasteiger partial charge in [0.05, 0.1) is 6.61 Å². The van der Waals surface area contributed by atoms with Gasteiger partial charge in [0.15, 0.2) is 11.4 Å². The van der Waals surface area contributed by atoms with E-state index in [-0.39, 0.29) is 5.92 Å². The Balaban J connectivity index is 1.26. The number of anilines is 1. The normalized spacial score (nSPS) is 22.1. The first-order valence-electron chi connectivity index (χ1n) is 8.88. The second-order valence-electron chi connectivity index (χ2n) is 6.78. The number of rotatable bonds is 3. The zero-order valence-electron chi connectivity index (χ0n) is 13.9. The Morgan fingerprint density at radius 2 is 1.88 bits per heavy atom. The number of hydrogen-bond acceptors (Lipinski definition) is 7. The highest BCUT2D eigenvalue weighted by Gasteiger charge is 2.29. The van der Waals surface area contributed by atoms with Crippen molar-refractivity contribution >= 4 is 17.1 Å². The molecule has 0 bridgehead atoms. The van der Waals surface area contributed by atoms with Crippen molar-refractivity contribution in [2.45, 2.75) is 31.1 Å². The van der Waals surface area contributed by atoms with Gasteiger partial charge in [0.2, 0.25) is 5.89 Å². The fourth-order valence-electron chi connectivity index (χ4n) is 3.63. The van der Waals surface area contributed by atoms with Gasteiger partial charge in [-0.25, -0.2) is 0 Å². The number of hydrogen-bond donors (Lipinski definition) is 0. The van der Waals surface area contributed by atoms with Crippen molar-refractivity contribution in [2.24, 2.45) is 0 Å². The highest BCUT2D eigenvalue weighted by molar-refractivity contribution is 5.74. The van der Waals surface area contributed by atoms with E-state index in [4.69, 9.17) is 13.7 Å². The van der Waals surface area contributed by atoms with Crippen molar-refractivity contribution in [1.82, 2.24) is 15.1 Å². The van der Waals surface area contributed by atoms with Gasteiger partial charge in [-0.1, -0.05) is 17.3 Å². The largest absolute Gasteiger partial charge is 0.423 e. The standard InChI is InChI=1S/C18H20N4O3/c1-2-4-15-14(3-1)19-18(24-15)22-8-5-12(6-9-22)17-20-16(21-25-17)13-7-10-23-11-13/h1-4,12-13H,5-11H2/t13-/m0/s1. The summed E-state index contributed by atoms with van der Waals surface area (Å²) in [5.74, 6) is 2.16. The quantitative estimate of drug-likeness (QED) is 0.725. The van der Waals surface area contributed by atoms with E-state index in [2.05, 4.69) is 20.0 Å². The third-order valence-corrected chi connectivity index (χ3v) is 5.15. The van der Waals surface area contributed by atoms with Gasteiger partial charge in [0, 0.05) is 31.5 Å². The smallest absolute Gasteiger partial charge is 0.298 e. The van der Waals surface area contributed by atoms with E-state index in [1.54, 1.807) is 0 Å². The van der Waals surface area contributed by atoms with Gasteiger partial charge in [0.1, 0.15) is 5.52 Å². The summed E-state index contributed by atoms with van der Waals surface area (Å²) in [6, 6.07) is 8.57. The molecule has 7 nitrogen and oxygen atoms in total. The molecule has 0 amide bonds. The van der Waals surface area contributed by atoms with Gasteiger partial charge in [0.25, 0.3) is 6.01 Å². The summed E-state index contributed by atoms with van der Waals surface area (Å²) < 4.78 is 16.8. The summed E-state index contributed by atoms with van der Waals surface area (Å²) in [4.78, 5) is 11.4. The summed E-state index contributed by atoms with van der Waals surface area (Å²) in [5.41, 5.74) is 1.74. The van der Waals surface area contributed by atoms with Crippen molar-refractivity contribution in [1.29, 1.82) is 0 Å². The van der Waals surface area contributed by atoms with Crippen LogP contribution in [-0.2, 0) is 4.74 Å². The average Bonchev–Trinajstić information content (AvgIpc) is 3.40. The molecule has 5 rings (SSSR count). The van der Waals surface area contributed by atoms with Crippen LogP contribution in [0.5, 0.6) is 0 Å². The molecular formula is C18H20N4O3. The van der Waals surface area contributed by atoms with Crippen LogP contribution in [-0.4, -0.2) is 41.4 Å². The summed E-state index contributed by atoms with van der Waals surface area (Å²) in [5, 5.41) is 4.17. The van der Waals surface area contributed by atoms with Crippen LogP contribution in [0.15, 0.2) is 33.2 Å². The number of ether oxygens (including phenoxy) is 1. The fourth-order valence-corrected chi connectivity index (χ4v) is 3.63. The number of aromatic nitrogens is 3. The molecule has 0 spiro atoms. The third-order valence-electron chi connectivity index (χ3n) is 5.15. The second kappa shape index (κ2) is 6.15. The molecule has 2 fully saturated rings. The first-order chi connectivity index (χ1) is 12.4. The molecule has 1 atom stereocenters. The highest BCUT2D eigenvalue weighted by atomic mass is 16.5. The minimum atomic E-state index is 0.289. The molecule has 0 N–H and O–H groups in total. The van der Waals surface area contributed by atoms with Crippen molar-refractivity contribution in [2.75, 3.05) is 31.2 Å². The van der Waals surface area contributed by atoms with Crippen molar-refractivity contribution in [3.8, 4) is 0 Å². The van der Waals surface area contributed by atoms with Crippen LogP contribution in [0, 0.1) is 0 Å². The van der Waals surface area contributed by atoms with Gasteiger partial charge in [-0.05, 0) is 31.4 Å². The molecule has 7 heteroatoms. The highest BCUT2D eigenvalue weighted by Crippen LogP contribution is 2.32. The van der Waals surface area contributed by atoms with Crippen LogP contribution < -0.4 is 4.90 Å². The summed E-state index contributed by atoms with van der Waals surface area (Å²) in [6.45, 7) is 3.25. The molecule has 0 aliphatic carbocycles. The van der Waals surface area contributed by atoms with E-state index in [1.165, 1.54) is 0 Å². The molecule has 0 saturated carbocycles. The first-order valence-corrected chi connectivity index (χ1v) is 8.88. The lowest BCUT2D eigenvalue weighted by Crippen LogP contribution is -2.33. The van der Waals surface area contributed by atoms with Crippen LogP contribution in [0.2, 0.25) is 0 Å². The van der Waals surface area contributed by atoms with Gasteiger partial charge < -0.3 is 18.6 Å². The van der Waals surface area contributed by atoms with E-state index in [0.29, 0.717) is 18.5 Å². The van der Waals surface area contributed by atoms with E-state index in [0.717, 1.165) is 61.8 Å². The minimum absolute atomic E-state index is 0.289. The number of para-hydroxylation sites is 2. The Hall–Kier alpha value is -2.41. The Morgan fingerprint density at radius 3 is 2.68 bits per heavy atom. The average molecular weight is 340 g/mol. The molecule has 2 saturated heterocycles. The lowest BCUT2D eigenvalue weighted by atomic mass is 9.97. The molecule has 1 aromatic carbocycles. The summed E-state index contributed by atoms with van der Waals surface area (Å²) in [7, 11) is 0. The summed E-state index contributed by atoms with van der Waals surface area (Å²) in [6.07, 6.45) is 2.90. The van der Waals surface area contributed by atoms with Crippen LogP contribution >= 0.6 is 0 Å². The lowest BCUT2D eigenvalue weighted by Gasteiger charge is -2.28. The first kappa shape index (κ1) is 14.9. The maximum absolute atomic E-state index is 5.87. The Morgan fingerprint density at radius 1 is 1.00 bits per heavy atom. The zero-order valence-corrected chi connectivity index (χ0v) is 13.9. The van der Waals surface area contributed by atoms with E-state index >= 15 is 0 Å². The van der Waals surface area contributed by atoms with Crippen LogP contribution in [0.3, 0.4) is 0 Å². The van der Waals surface area contributed by atoms with Crippen LogP contribution in [0.25, 0.3) is 11.1 Å². The van der Waals surface area contributed by atoms with Gasteiger partial charge in [-0.3, -0.25) is 0 Å². The summed E-state index contributed by atoms with van der Waals surface area (Å²) >= 11 is 0. The second-order valence-corrected chi connectivity index (χ2v) is 6.78. The van der Waals surface area contributed by atoms with Crippen LogP contribution in [0.4, 0.5) is 6.01 Å². The van der Waals surface area contributed by atoms with Crippen LogP contribution in [0.1, 0.15) is 42.8 Å². The number of fused-ring (bicyclic) bond motifs is 1. The maximum Gasteiger partial charge on any atom is 0.298 e. The number of benzene rings is 1. The predicted molar refractivity (Wildman–Crippen MR) is 90.7 cm³/mol. The van der Waals surface area contributed by atoms with E-state index in [1.807, 2.05) is 24.3 Å². The molecule has 130 valence electrons. The van der Waals surface area contributed by atoms with E-state index < -0.39 is 0 Å². The Labute approximate surface area is 145 Å². The molecule has 2 aromatic heterocycles. The molecular weight excluding hydrogens is 320 g/mol. The van der Waals surface area contributed by atoms with Crippen molar-refractivity contribution in [3.63, 3.8) is 0 Å². The molecule has 0 unspecified atom stereocenters. The Kier molecular flexibility index (Phi) is 3.66. The third kappa shape index (κ3) is 2.78. The monoisotopic (exact) mass is 340 g/mol. The maximum atomic E-state index is 5.87. The SMILES string of the molecule is c1ccc2oc(N3CCC(c4nc([C@H]5CCOC5)no4)CC3)nc2c1. The zero-order chi connectivity index (χ0) is 16.6. The fraction of sp³-hybridized carbons (Fsp3) is 0.500. The van der Waals surface area contributed by atoms with Gasteiger partial charge >= 0.3 is 0 Å². The minimum Gasteiger partial charge on any atom is -0.423 e. The lowest BCUT2D eigenvalue weighted by molar-refractivity contribution is 0.192. The van der Waals surface area contributed by atoms with Crippen molar-refractivity contribution in [3.05, 3.63) is 36.0 Å². The molecule has 2 aliphatic rings. The van der Waals surface area contributed by atoms with Gasteiger partial charge in [-0.2, -0.15) is 9.97 Å².